The fourth-order valence-electron chi connectivity index (χ4n) is 2.32. The number of benzene rings is 2. The predicted molar refractivity (Wildman–Crippen MR) is 67.1 cm³/mol. The Hall–Kier alpha value is -2.22. The molecule has 2 heteroatoms. The Balaban J connectivity index is 2.14. The van der Waals surface area contributed by atoms with Crippen LogP contribution in [0, 0.1) is 0 Å². The van der Waals surface area contributed by atoms with Crippen molar-refractivity contribution in [3.05, 3.63) is 65.2 Å². The average Bonchev–Trinajstić information content (AvgIpc) is 2.77. The molecule has 3 rings (SSSR count). The highest BCUT2D eigenvalue weighted by Crippen LogP contribution is 2.41. The molecule has 2 nitrogen and oxygen atoms in total. The Bertz CT molecular complexity index is 600. The number of aromatic hydroxyl groups is 2. The number of phenolic OH excluding ortho intramolecular Hbond substituents is 2. The summed E-state index contributed by atoms with van der Waals surface area (Å²) in [6.45, 7) is 0. The lowest BCUT2D eigenvalue weighted by Gasteiger charge is -2.13. The number of fused-ring (bicyclic) bond motifs is 1. The summed E-state index contributed by atoms with van der Waals surface area (Å²) in [7, 11) is 0. The van der Waals surface area contributed by atoms with E-state index >= 15 is 0 Å². The fraction of sp³-hybridized carbons (Fsp3) is 0.0667. The summed E-state index contributed by atoms with van der Waals surface area (Å²) in [6, 6.07) is 13.1. The molecule has 1 aliphatic rings. The first-order valence-electron chi connectivity index (χ1n) is 5.55. The van der Waals surface area contributed by atoms with Crippen LogP contribution in [-0.2, 0) is 0 Å². The Morgan fingerprint density at radius 1 is 0.824 bits per heavy atom. The molecule has 2 aromatic rings. The lowest BCUT2D eigenvalue weighted by atomic mass is 9.92. The first-order chi connectivity index (χ1) is 8.27. The monoisotopic (exact) mass is 224 g/mol. The minimum Gasteiger partial charge on any atom is -0.504 e. The van der Waals surface area contributed by atoms with Gasteiger partial charge in [-0.05, 0) is 17.2 Å². The summed E-state index contributed by atoms with van der Waals surface area (Å²) >= 11 is 0. The van der Waals surface area contributed by atoms with Crippen LogP contribution in [0.2, 0.25) is 0 Å². The highest BCUT2D eigenvalue weighted by Gasteiger charge is 2.22. The number of para-hydroxylation sites is 1. The van der Waals surface area contributed by atoms with E-state index in [1.807, 2.05) is 42.5 Å². The lowest BCUT2D eigenvalue weighted by molar-refractivity contribution is 0.399. The summed E-state index contributed by atoms with van der Waals surface area (Å²) < 4.78 is 0. The van der Waals surface area contributed by atoms with Gasteiger partial charge in [-0.2, -0.15) is 0 Å². The van der Waals surface area contributed by atoms with Crippen LogP contribution in [0.5, 0.6) is 11.5 Å². The van der Waals surface area contributed by atoms with Gasteiger partial charge in [0, 0.05) is 11.5 Å². The van der Waals surface area contributed by atoms with E-state index in [-0.39, 0.29) is 17.4 Å². The van der Waals surface area contributed by atoms with Crippen LogP contribution in [0.3, 0.4) is 0 Å². The third-order valence-corrected chi connectivity index (χ3v) is 3.18. The molecule has 0 radical (unpaired) electrons. The second kappa shape index (κ2) is 3.67. The summed E-state index contributed by atoms with van der Waals surface area (Å²) in [5.74, 6) is -0.0718. The molecule has 84 valence electrons. The quantitative estimate of drug-likeness (QED) is 0.730. The zero-order valence-corrected chi connectivity index (χ0v) is 9.17. The summed E-state index contributed by atoms with van der Waals surface area (Å²) in [5.41, 5.74) is 3.07. The van der Waals surface area contributed by atoms with Crippen LogP contribution in [0.15, 0.2) is 48.5 Å². The molecule has 0 aliphatic heterocycles. The van der Waals surface area contributed by atoms with Gasteiger partial charge >= 0.3 is 0 Å². The van der Waals surface area contributed by atoms with Gasteiger partial charge in [0.15, 0.2) is 11.5 Å². The topological polar surface area (TPSA) is 40.5 Å². The van der Waals surface area contributed by atoms with Gasteiger partial charge in [-0.1, -0.05) is 48.6 Å². The molecule has 1 atom stereocenters. The van der Waals surface area contributed by atoms with Crippen molar-refractivity contribution < 1.29 is 10.2 Å². The molecule has 2 aromatic carbocycles. The van der Waals surface area contributed by atoms with Crippen LogP contribution in [0.1, 0.15) is 22.6 Å². The van der Waals surface area contributed by atoms with E-state index in [1.54, 1.807) is 6.07 Å². The van der Waals surface area contributed by atoms with E-state index in [0.29, 0.717) is 0 Å². The van der Waals surface area contributed by atoms with Gasteiger partial charge in [0.25, 0.3) is 0 Å². The molecule has 0 saturated carbocycles. The number of phenols is 2. The highest BCUT2D eigenvalue weighted by molar-refractivity contribution is 5.67. The Kier molecular flexibility index (Phi) is 2.15. The van der Waals surface area contributed by atoms with Crippen LogP contribution < -0.4 is 0 Å². The molecular weight excluding hydrogens is 212 g/mol. The van der Waals surface area contributed by atoms with Crippen LogP contribution in [0.4, 0.5) is 0 Å². The molecule has 0 amide bonds. The molecule has 0 spiro atoms. The van der Waals surface area contributed by atoms with Crippen molar-refractivity contribution in [3.63, 3.8) is 0 Å². The lowest BCUT2D eigenvalue weighted by Crippen LogP contribution is -1.96. The second-order valence-corrected chi connectivity index (χ2v) is 4.18. The van der Waals surface area contributed by atoms with Gasteiger partial charge in [0.1, 0.15) is 0 Å². The Morgan fingerprint density at radius 2 is 1.59 bits per heavy atom. The summed E-state index contributed by atoms with van der Waals surface area (Å²) in [4.78, 5) is 0. The molecular formula is C15H12O2. The second-order valence-electron chi connectivity index (χ2n) is 4.18. The molecule has 0 bridgehead atoms. The zero-order chi connectivity index (χ0) is 11.8. The Labute approximate surface area is 99.5 Å². The van der Waals surface area contributed by atoms with E-state index in [0.717, 1.165) is 11.1 Å². The predicted octanol–water partition coefficient (Wildman–Crippen LogP) is 3.26. The minimum atomic E-state index is -0.0692. The van der Waals surface area contributed by atoms with Crippen molar-refractivity contribution in [2.75, 3.05) is 0 Å². The van der Waals surface area contributed by atoms with Crippen molar-refractivity contribution >= 4 is 6.08 Å². The maximum Gasteiger partial charge on any atom is 0.161 e. The third-order valence-electron chi connectivity index (χ3n) is 3.18. The van der Waals surface area contributed by atoms with Crippen LogP contribution >= 0.6 is 0 Å². The maximum atomic E-state index is 9.90. The van der Waals surface area contributed by atoms with Crippen LogP contribution in [-0.4, -0.2) is 10.2 Å². The van der Waals surface area contributed by atoms with E-state index in [4.69, 9.17) is 0 Å². The van der Waals surface area contributed by atoms with Crippen molar-refractivity contribution in [1.29, 1.82) is 0 Å². The van der Waals surface area contributed by atoms with Gasteiger partial charge in [0.05, 0.1) is 0 Å². The first kappa shape index (κ1) is 9.97. The molecule has 0 heterocycles. The number of allylic oxidation sites excluding steroid dienone is 1. The molecule has 1 aliphatic carbocycles. The average molecular weight is 224 g/mol. The maximum absolute atomic E-state index is 9.90. The minimum absolute atomic E-state index is 0.0262. The standard InChI is InChI=1S/C15H12O2/c16-14-7-3-6-13(15(14)17)12-9-8-10-4-1-2-5-11(10)12/h1-9,12,16-17H. The van der Waals surface area contributed by atoms with E-state index in [1.165, 1.54) is 11.6 Å². The van der Waals surface area contributed by atoms with Gasteiger partial charge in [-0.25, -0.2) is 0 Å². The largest absolute Gasteiger partial charge is 0.504 e. The third kappa shape index (κ3) is 1.49. The van der Waals surface area contributed by atoms with E-state index in [2.05, 4.69) is 0 Å². The van der Waals surface area contributed by atoms with Gasteiger partial charge in [-0.15, -0.1) is 0 Å². The SMILES string of the molecule is Oc1cccc(C2C=Cc3ccccc32)c1O. The number of hydrogen-bond acceptors (Lipinski definition) is 2. The van der Waals surface area contributed by atoms with Crippen LogP contribution in [0.25, 0.3) is 6.08 Å². The fourth-order valence-corrected chi connectivity index (χ4v) is 2.32. The molecule has 0 fully saturated rings. The van der Waals surface area contributed by atoms with Crippen molar-refractivity contribution in [1.82, 2.24) is 0 Å². The smallest absolute Gasteiger partial charge is 0.161 e. The normalized spacial score (nSPS) is 17.1. The van der Waals surface area contributed by atoms with E-state index < -0.39 is 0 Å². The first-order valence-corrected chi connectivity index (χ1v) is 5.55. The van der Waals surface area contributed by atoms with Crippen molar-refractivity contribution in [2.24, 2.45) is 0 Å². The molecule has 2 N–H and O–H groups in total. The zero-order valence-electron chi connectivity index (χ0n) is 9.17. The molecule has 0 aromatic heterocycles. The number of rotatable bonds is 1. The molecule has 1 unspecified atom stereocenters. The van der Waals surface area contributed by atoms with Crippen molar-refractivity contribution in [3.8, 4) is 11.5 Å². The summed E-state index contributed by atoms with van der Waals surface area (Å²) in [6.07, 6.45) is 4.09. The highest BCUT2D eigenvalue weighted by atomic mass is 16.3. The molecule has 17 heavy (non-hydrogen) atoms. The summed E-state index contributed by atoms with van der Waals surface area (Å²) in [5, 5.41) is 19.4. The Morgan fingerprint density at radius 3 is 2.47 bits per heavy atom. The molecule has 0 saturated heterocycles. The van der Waals surface area contributed by atoms with Gasteiger partial charge in [-0.3, -0.25) is 0 Å². The van der Waals surface area contributed by atoms with Gasteiger partial charge < -0.3 is 10.2 Å². The number of hydrogen-bond donors (Lipinski definition) is 2. The van der Waals surface area contributed by atoms with Gasteiger partial charge in [0.2, 0.25) is 0 Å². The van der Waals surface area contributed by atoms with E-state index in [9.17, 15) is 10.2 Å². The van der Waals surface area contributed by atoms with Crippen molar-refractivity contribution in [2.45, 2.75) is 5.92 Å².